The average Bonchev–Trinajstić information content (AvgIpc) is 3.02. The van der Waals surface area contributed by atoms with Gasteiger partial charge in [-0.25, -0.2) is 13.1 Å². The van der Waals surface area contributed by atoms with Gasteiger partial charge in [-0.1, -0.05) is 6.07 Å². The fraction of sp³-hybridized carbons (Fsp3) is 0.467. The van der Waals surface area contributed by atoms with Gasteiger partial charge in [-0.2, -0.15) is 5.10 Å². The van der Waals surface area contributed by atoms with Crippen molar-refractivity contribution in [1.29, 1.82) is 0 Å². The van der Waals surface area contributed by atoms with Gasteiger partial charge in [-0.15, -0.1) is 0 Å². The minimum absolute atomic E-state index is 0.168. The number of hydrogen-bond acceptors (Lipinski definition) is 5. The van der Waals surface area contributed by atoms with Crippen molar-refractivity contribution in [2.45, 2.75) is 23.8 Å². The Bertz CT molecular complexity index is 739. The van der Waals surface area contributed by atoms with Crippen LogP contribution in [0.3, 0.4) is 0 Å². The maximum Gasteiger partial charge on any atom is 0.244 e. The van der Waals surface area contributed by atoms with Crippen LogP contribution in [-0.4, -0.2) is 36.4 Å². The minimum atomic E-state index is -3.64. The van der Waals surface area contributed by atoms with Crippen LogP contribution in [0.2, 0.25) is 0 Å². The Morgan fingerprint density at radius 3 is 2.74 bits per heavy atom. The Balaban J connectivity index is 1.89. The van der Waals surface area contributed by atoms with Gasteiger partial charge in [0, 0.05) is 38.9 Å². The number of sulfonamides is 1. The Hall–Kier alpha value is -1.77. The molecule has 124 valence electrons. The number of aryl methyl sites for hydroxylation is 1. The van der Waals surface area contributed by atoms with Gasteiger partial charge in [0.15, 0.2) is 0 Å². The van der Waals surface area contributed by atoms with Crippen LogP contribution in [0.15, 0.2) is 41.8 Å². The van der Waals surface area contributed by atoms with Gasteiger partial charge in [-0.3, -0.25) is 9.67 Å². The van der Waals surface area contributed by atoms with E-state index in [2.05, 4.69) is 14.8 Å². The zero-order chi connectivity index (χ0) is 16.3. The smallest absolute Gasteiger partial charge is 0.244 e. The lowest BCUT2D eigenvalue weighted by atomic mass is 9.88. The van der Waals surface area contributed by atoms with Crippen LogP contribution >= 0.6 is 0 Å². The van der Waals surface area contributed by atoms with Gasteiger partial charge in [0.05, 0.1) is 12.2 Å². The molecule has 1 unspecified atom stereocenters. The number of nitrogens with zero attached hydrogens (tertiary/aromatic N) is 3. The predicted molar refractivity (Wildman–Crippen MR) is 84.1 cm³/mol. The van der Waals surface area contributed by atoms with E-state index >= 15 is 0 Å². The Morgan fingerprint density at radius 2 is 2.13 bits per heavy atom. The fourth-order valence-corrected chi connectivity index (χ4v) is 4.09. The van der Waals surface area contributed by atoms with Gasteiger partial charge in [0.2, 0.25) is 10.0 Å². The van der Waals surface area contributed by atoms with Crippen molar-refractivity contribution < 1.29 is 13.2 Å². The lowest BCUT2D eigenvalue weighted by Crippen LogP contribution is -2.36. The number of pyridine rings is 1. The topological polar surface area (TPSA) is 86.1 Å². The highest BCUT2D eigenvalue weighted by atomic mass is 32.2. The van der Waals surface area contributed by atoms with Gasteiger partial charge in [-0.05, 0) is 30.4 Å². The summed E-state index contributed by atoms with van der Waals surface area (Å²) in [7, 11) is -1.95. The van der Waals surface area contributed by atoms with Crippen molar-refractivity contribution in [3.63, 3.8) is 0 Å². The highest BCUT2D eigenvalue weighted by molar-refractivity contribution is 7.89. The third-order valence-corrected chi connectivity index (χ3v) is 5.45. The molecule has 8 heteroatoms. The van der Waals surface area contributed by atoms with E-state index in [0.29, 0.717) is 13.2 Å². The van der Waals surface area contributed by atoms with E-state index in [1.807, 2.05) is 12.1 Å². The maximum absolute atomic E-state index is 12.7. The molecule has 0 radical (unpaired) electrons. The molecule has 0 aliphatic carbocycles. The van der Waals surface area contributed by atoms with E-state index in [0.717, 1.165) is 18.4 Å². The van der Waals surface area contributed by atoms with Crippen molar-refractivity contribution in [3.8, 4) is 0 Å². The zero-order valence-electron chi connectivity index (χ0n) is 12.9. The van der Waals surface area contributed by atoms with E-state index in [-0.39, 0.29) is 16.9 Å². The quantitative estimate of drug-likeness (QED) is 0.888. The van der Waals surface area contributed by atoms with E-state index in [1.54, 1.807) is 19.4 Å². The molecule has 0 bridgehead atoms. The normalized spacial score (nSPS) is 18.0. The first-order chi connectivity index (χ1) is 11.1. The highest BCUT2D eigenvalue weighted by Crippen LogP contribution is 2.31. The summed E-state index contributed by atoms with van der Waals surface area (Å²) in [5, 5.41) is 3.94. The van der Waals surface area contributed by atoms with Crippen LogP contribution in [0.1, 0.15) is 24.4 Å². The van der Waals surface area contributed by atoms with Gasteiger partial charge < -0.3 is 4.74 Å². The molecule has 1 saturated heterocycles. The zero-order valence-corrected chi connectivity index (χ0v) is 13.7. The summed E-state index contributed by atoms with van der Waals surface area (Å²) < 4.78 is 35.0. The molecule has 3 rings (SSSR count). The Kier molecular flexibility index (Phi) is 4.74. The summed E-state index contributed by atoms with van der Waals surface area (Å²) in [4.78, 5) is 4.29. The van der Waals surface area contributed by atoms with Crippen molar-refractivity contribution in [3.05, 3.63) is 42.5 Å². The SMILES string of the molecule is Cn1cc(S(=O)(=O)NC(c2cccnc2)C2CCOCC2)cn1. The molecule has 0 aromatic carbocycles. The van der Waals surface area contributed by atoms with E-state index in [4.69, 9.17) is 4.74 Å². The summed E-state index contributed by atoms with van der Waals surface area (Å²) in [6, 6.07) is 3.40. The van der Waals surface area contributed by atoms with Gasteiger partial charge in [0.25, 0.3) is 0 Å². The molecule has 0 amide bonds. The van der Waals surface area contributed by atoms with Crippen molar-refractivity contribution in [1.82, 2.24) is 19.5 Å². The van der Waals surface area contributed by atoms with Crippen LogP contribution in [-0.2, 0) is 21.8 Å². The molecule has 2 aromatic heterocycles. The van der Waals surface area contributed by atoms with Crippen LogP contribution < -0.4 is 4.72 Å². The first kappa shape index (κ1) is 16.1. The van der Waals surface area contributed by atoms with Gasteiger partial charge >= 0.3 is 0 Å². The van der Waals surface area contributed by atoms with E-state index < -0.39 is 10.0 Å². The highest BCUT2D eigenvalue weighted by Gasteiger charge is 2.30. The number of rotatable bonds is 5. The minimum Gasteiger partial charge on any atom is -0.381 e. The van der Waals surface area contributed by atoms with Crippen LogP contribution in [0.4, 0.5) is 0 Å². The summed E-state index contributed by atoms with van der Waals surface area (Å²) >= 11 is 0. The van der Waals surface area contributed by atoms with E-state index in [1.165, 1.54) is 17.1 Å². The fourth-order valence-electron chi connectivity index (χ4n) is 2.82. The molecular formula is C15H20N4O3S. The molecule has 1 atom stereocenters. The monoisotopic (exact) mass is 336 g/mol. The molecule has 2 aromatic rings. The van der Waals surface area contributed by atoms with E-state index in [9.17, 15) is 8.42 Å². The molecule has 23 heavy (non-hydrogen) atoms. The number of nitrogens with one attached hydrogen (secondary N) is 1. The molecule has 0 saturated carbocycles. The second-order valence-electron chi connectivity index (χ2n) is 5.68. The summed E-state index contributed by atoms with van der Waals surface area (Å²) in [6.07, 6.45) is 7.87. The lowest BCUT2D eigenvalue weighted by molar-refractivity contribution is 0.0564. The molecule has 3 heterocycles. The Morgan fingerprint density at radius 1 is 1.35 bits per heavy atom. The van der Waals surface area contributed by atoms with Crippen molar-refractivity contribution in [2.75, 3.05) is 13.2 Å². The standard InChI is InChI=1S/C15H20N4O3S/c1-19-11-14(10-17-19)23(20,21)18-15(12-4-7-22-8-5-12)13-3-2-6-16-9-13/h2-3,6,9-12,15,18H,4-5,7-8H2,1H3. The molecule has 1 aliphatic rings. The molecule has 0 spiro atoms. The lowest BCUT2D eigenvalue weighted by Gasteiger charge is -2.30. The van der Waals surface area contributed by atoms with Crippen molar-refractivity contribution in [2.24, 2.45) is 13.0 Å². The predicted octanol–water partition coefficient (Wildman–Crippen LogP) is 1.26. The summed E-state index contributed by atoms with van der Waals surface area (Å²) in [5.74, 6) is 0.180. The molecule has 1 fully saturated rings. The summed E-state index contributed by atoms with van der Waals surface area (Å²) in [6.45, 7) is 1.30. The third kappa shape index (κ3) is 3.77. The second-order valence-corrected chi connectivity index (χ2v) is 7.40. The number of hydrogen-bond donors (Lipinski definition) is 1. The molecule has 1 N–H and O–H groups in total. The first-order valence-corrected chi connectivity index (χ1v) is 9.03. The molecular weight excluding hydrogens is 316 g/mol. The van der Waals surface area contributed by atoms with Crippen LogP contribution in [0, 0.1) is 5.92 Å². The Labute approximate surface area is 135 Å². The molecule has 1 aliphatic heterocycles. The third-order valence-electron chi connectivity index (χ3n) is 4.05. The maximum atomic E-state index is 12.7. The van der Waals surface area contributed by atoms with Crippen LogP contribution in [0.5, 0.6) is 0 Å². The van der Waals surface area contributed by atoms with Crippen LogP contribution in [0.25, 0.3) is 0 Å². The van der Waals surface area contributed by atoms with Gasteiger partial charge in [0.1, 0.15) is 4.90 Å². The number of ether oxygens (including phenoxy) is 1. The molecule has 7 nitrogen and oxygen atoms in total. The second kappa shape index (κ2) is 6.77. The number of aromatic nitrogens is 3. The first-order valence-electron chi connectivity index (χ1n) is 7.55. The van der Waals surface area contributed by atoms with Crippen molar-refractivity contribution >= 4 is 10.0 Å². The average molecular weight is 336 g/mol. The largest absolute Gasteiger partial charge is 0.381 e. The summed E-state index contributed by atoms with van der Waals surface area (Å²) in [5.41, 5.74) is 0.867.